The Bertz CT molecular complexity index is 91.1. The summed E-state index contributed by atoms with van der Waals surface area (Å²) in [4.78, 5) is 0. The van der Waals surface area contributed by atoms with Crippen LogP contribution in [-0.2, 0) is 0 Å². The molecule has 0 rings (SSSR count). The van der Waals surface area contributed by atoms with Gasteiger partial charge in [-0.2, -0.15) is 0 Å². The number of hydrogen-bond donors (Lipinski definition) is 0. The number of unbranched alkanes of at least 4 members (excludes halogenated alkanes) is 3. The molecule has 0 aliphatic heterocycles. The zero-order chi connectivity index (χ0) is 9.94. The Labute approximate surface area is 92.2 Å². The molecule has 0 aromatic rings. The predicted molar refractivity (Wildman–Crippen MR) is 64.9 cm³/mol. The molecule has 13 heavy (non-hydrogen) atoms. The van der Waals surface area contributed by atoms with Gasteiger partial charge >= 0.3 is 92.4 Å². The second kappa shape index (κ2) is 10.9. The van der Waals surface area contributed by atoms with Crippen LogP contribution in [0.3, 0.4) is 0 Å². The van der Waals surface area contributed by atoms with Gasteiger partial charge in [0.15, 0.2) is 0 Å². The van der Waals surface area contributed by atoms with Crippen LogP contribution < -0.4 is 0 Å². The molecule has 0 heterocycles. The van der Waals surface area contributed by atoms with Crippen molar-refractivity contribution in [3.05, 3.63) is 0 Å². The molecule has 0 saturated heterocycles. The van der Waals surface area contributed by atoms with Crippen molar-refractivity contribution in [1.82, 2.24) is 0 Å². The van der Waals surface area contributed by atoms with Gasteiger partial charge in [0.05, 0.1) is 0 Å². The molecular formula is C12H27Sn+. The molecule has 0 aliphatic rings. The Kier molecular flexibility index (Phi) is 11.5. The quantitative estimate of drug-likeness (QED) is 0.419. The first-order chi connectivity index (χ1) is 6.35. The SMILES string of the molecule is CCCC[CH2][Sn+]([CH2]CC)[CH2]CCC. The average molecular weight is 290 g/mol. The first kappa shape index (κ1) is 13.8. The second-order valence-corrected chi connectivity index (χ2v) is 12.6. The average Bonchev–Trinajstić information content (AvgIpc) is 2.14. The summed E-state index contributed by atoms with van der Waals surface area (Å²) < 4.78 is 5.02. The maximum absolute atomic E-state index is 2.37. The van der Waals surface area contributed by atoms with E-state index >= 15 is 0 Å². The van der Waals surface area contributed by atoms with E-state index in [0.717, 1.165) is 0 Å². The molecule has 0 saturated carbocycles. The van der Waals surface area contributed by atoms with E-state index in [0.29, 0.717) is 0 Å². The first-order valence-corrected chi connectivity index (χ1v) is 12.2. The minimum absolute atomic E-state index is 0.833. The van der Waals surface area contributed by atoms with Gasteiger partial charge in [0.25, 0.3) is 0 Å². The van der Waals surface area contributed by atoms with Gasteiger partial charge in [0, 0.05) is 0 Å². The molecule has 0 atom stereocenters. The van der Waals surface area contributed by atoms with Crippen LogP contribution in [-0.4, -0.2) is 19.8 Å². The van der Waals surface area contributed by atoms with E-state index in [1.54, 1.807) is 19.7 Å². The molecule has 0 amide bonds. The van der Waals surface area contributed by atoms with Crippen molar-refractivity contribution >= 4 is 19.8 Å². The van der Waals surface area contributed by atoms with E-state index < -0.39 is 19.8 Å². The summed E-state index contributed by atoms with van der Waals surface area (Å²) in [5, 5.41) is 0. The maximum atomic E-state index is 2.37. The zero-order valence-electron chi connectivity index (χ0n) is 9.86. The fourth-order valence-corrected chi connectivity index (χ4v) is 10.5. The van der Waals surface area contributed by atoms with Crippen molar-refractivity contribution in [2.45, 2.75) is 72.6 Å². The van der Waals surface area contributed by atoms with E-state index in [1.165, 1.54) is 32.1 Å². The summed E-state index contributed by atoms with van der Waals surface area (Å²) in [6.07, 6.45) is 8.85. The number of rotatable bonds is 9. The summed E-state index contributed by atoms with van der Waals surface area (Å²) in [6.45, 7) is 7.01. The molecule has 0 aliphatic carbocycles. The monoisotopic (exact) mass is 291 g/mol. The van der Waals surface area contributed by atoms with E-state index in [-0.39, 0.29) is 0 Å². The molecule has 0 nitrogen and oxygen atoms in total. The molecule has 1 heteroatoms. The summed E-state index contributed by atoms with van der Waals surface area (Å²) in [6, 6.07) is 0. The van der Waals surface area contributed by atoms with Crippen molar-refractivity contribution < 1.29 is 0 Å². The van der Waals surface area contributed by atoms with E-state index in [4.69, 9.17) is 0 Å². The van der Waals surface area contributed by atoms with Gasteiger partial charge in [-0.25, -0.2) is 0 Å². The van der Waals surface area contributed by atoms with E-state index in [9.17, 15) is 0 Å². The molecule has 0 radical (unpaired) electrons. The third-order valence-electron chi connectivity index (χ3n) is 2.62. The van der Waals surface area contributed by atoms with Crippen LogP contribution >= 0.6 is 0 Å². The van der Waals surface area contributed by atoms with Crippen LogP contribution in [0.4, 0.5) is 0 Å². The fourth-order valence-electron chi connectivity index (χ4n) is 1.78. The van der Waals surface area contributed by atoms with Gasteiger partial charge < -0.3 is 0 Å². The van der Waals surface area contributed by atoms with Gasteiger partial charge in [-0.1, -0.05) is 0 Å². The van der Waals surface area contributed by atoms with Gasteiger partial charge in [0.1, 0.15) is 0 Å². The van der Waals surface area contributed by atoms with E-state index in [2.05, 4.69) is 20.8 Å². The van der Waals surface area contributed by atoms with Gasteiger partial charge in [-0.05, 0) is 0 Å². The molecule has 0 unspecified atom stereocenters. The summed E-state index contributed by atoms with van der Waals surface area (Å²) in [5.74, 6) is 0. The molecule has 0 aromatic heterocycles. The van der Waals surface area contributed by atoms with Crippen molar-refractivity contribution in [3.8, 4) is 0 Å². The van der Waals surface area contributed by atoms with Gasteiger partial charge in [0.2, 0.25) is 0 Å². The predicted octanol–water partition coefficient (Wildman–Crippen LogP) is 4.88. The summed E-state index contributed by atoms with van der Waals surface area (Å²) >= 11 is -0.833. The van der Waals surface area contributed by atoms with Crippen LogP contribution in [0.1, 0.15) is 59.3 Å². The summed E-state index contributed by atoms with van der Waals surface area (Å²) in [5.41, 5.74) is 0. The van der Waals surface area contributed by atoms with E-state index in [1.807, 2.05) is 0 Å². The first-order valence-electron chi connectivity index (χ1n) is 6.18. The Morgan fingerprint density at radius 3 is 1.77 bits per heavy atom. The fraction of sp³-hybridized carbons (Fsp3) is 1.00. The Morgan fingerprint density at radius 1 is 0.615 bits per heavy atom. The van der Waals surface area contributed by atoms with Crippen LogP contribution in [0.25, 0.3) is 0 Å². The van der Waals surface area contributed by atoms with Crippen LogP contribution in [0, 0.1) is 0 Å². The molecule has 78 valence electrons. The third kappa shape index (κ3) is 9.11. The normalized spacial score (nSPS) is 10.4. The molecule has 0 fully saturated rings. The summed E-state index contributed by atoms with van der Waals surface area (Å²) in [7, 11) is 0. The second-order valence-electron chi connectivity index (χ2n) is 4.06. The van der Waals surface area contributed by atoms with Crippen molar-refractivity contribution in [3.63, 3.8) is 0 Å². The molecule has 0 aromatic carbocycles. The van der Waals surface area contributed by atoms with Crippen molar-refractivity contribution in [2.75, 3.05) is 0 Å². The Morgan fingerprint density at radius 2 is 1.23 bits per heavy atom. The van der Waals surface area contributed by atoms with Crippen LogP contribution in [0.2, 0.25) is 13.3 Å². The van der Waals surface area contributed by atoms with Crippen molar-refractivity contribution in [2.24, 2.45) is 0 Å². The Balaban J connectivity index is 3.41. The zero-order valence-corrected chi connectivity index (χ0v) is 12.7. The van der Waals surface area contributed by atoms with Crippen molar-refractivity contribution in [1.29, 1.82) is 0 Å². The molecule has 0 spiro atoms. The molecule has 0 bridgehead atoms. The van der Waals surface area contributed by atoms with Gasteiger partial charge in [-0.3, -0.25) is 0 Å². The van der Waals surface area contributed by atoms with Crippen LogP contribution in [0.15, 0.2) is 0 Å². The molecular weight excluding hydrogens is 263 g/mol. The molecule has 0 N–H and O–H groups in total. The minimum atomic E-state index is -0.833. The Hall–Kier alpha value is 0.799. The number of hydrogen-bond acceptors (Lipinski definition) is 0. The standard InChI is InChI=1S/C5H11.C4H9.C3H7.Sn/c1-3-5-4-2;1-3-4-2;1-3-2;/h1,3-5H2,2H3;1,3-4H2,2H3;1,3H2,2H3;/q;;;+1. The third-order valence-corrected chi connectivity index (χ3v) is 12.1. The van der Waals surface area contributed by atoms with Gasteiger partial charge in [-0.15, -0.1) is 0 Å². The topological polar surface area (TPSA) is 0 Å². The van der Waals surface area contributed by atoms with Crippen LogP contribution in [0.5, 0.6) is 0 Å².